The fourth-order valence-electron chi connectivity index (χ4n) is 2.16. The van der Waals surface area contributed by atoms with Gasteiger partial charge in [0, 0.05) is 10.6 Å². The van der Waals surface area contributed by atoms with E-state index in [2.05, 4.69) is 0 Å². The molecule has 0 aliphatic rings. The number of aryl methyl sites for hydroxylation is 2. The quantitative estimate of drug-likeness (QED) is 0.861. The predicted octanol–water partition coefficient (Wildman–Crippen LogP) is 4.17. The predicted molar refractivity (Wildman–Crippen MR) is 87.6 cm³/mol. The summed E-state index contributed by atoms with van der Waals surface area (Å²) in [5, 5.41) is 0.718. The molecular formula is C16H16ClNOS. The Morgan fingerprint density at radius 3 is 2.40 bits per heavy atom. The van der Waals surface area contributed by atoms with Crippen LogP contribution in [0.25, 0.3) is 0 Å². The van der Waals surface area contributed by atoms with Gasteiger partial charge in [0.05, 0.1) is 0 Å². The monoisotopic (exact) mass is 305 g/mol. The normalized spacial score (nSPS) is 10.3. The van der Waals surface area contributed by atoms with E-state index >= 15 is 0 Å². The average molecular weight is 306 g/mol. The Hall–Kier alpha value is -1.58. The third kappa shape index (κ3) is 3.30. The van der Waals surface area contributed by atoms with Crippen LogP contribution < -0.4 is 10.5 Å². The van der Waals surface area contributed by atoms with Crippen LogP contribution in [0.5, 0.6) is 5.75 Å². The number of hydrogen-bond acceptors (Lipinski definition) is 2. The van der Waals surface area contributed by atoms with Crippen LogP contribution >= 0.6 is 23.8 Å². The van der Waals surface area contributed by atoms with Gasteiger partial charge >= 0.3 is 0 Å². The van der Waals surface area contributed by atoms with Crippen LogP contribution in [-0.4, -0.2) is 4.99 Å². The molecule has 0 aliphatic heterocycles. The number of ether oxygens (including phenoxy) is 1. The Kier molecular flexibility index (Phi) is 4.63. The van der Waals surface area contributed by atoms with Crippen molar-refractivity contribution < 1.29 is 4.74 Å². The summed E-state index contributed by atoms with van der Waals surface area (Å²) in [5.41, 5.74) is 9.59. The molecule has 0 bridgehead atoms. The summed E-state index contributed by atoms with van der Waals surface area (Å²) in [7, 11) is 0. The van der Waals surface area contributed by atoms with Gasteiger partial charge in [-0.2, -0.15) is 0 Å². The zero-order valence-electron chi connectivity index (χ0n) is 11.4. The molecule has 0 atom stereocenters. The van der Waals surface area contributed by atoms with Gasteiger partial charge in [0.1, 0.15) is 17.3 Å². The topological polar surface area (TPSA) is 35.2 Å². The van der Waals surface area contributed by atoms with Gasteiger partial charge in [-0.25, -0.2) is 0 Å². The molecule has 0 saturated carbocycles. The SMILES string of the molecule is Cc1cc(Cl)cc(C)c1OCc1ccccc1C(N)=S. The number of benzene rings is 2. The second-order valence-electron chi connectivity index (χ2n) is 4.68. The number of nitrogens with two attached hydrogens (primary N) is 1. The highest BCUT2D eigenvalue weighted by Gasteiger charge is 2.09. The van der Waals surface area contributed by atoms with E-state index in [1.54, 1.807) is 0 Å². The Morgan fingerprint density at radius 1 is 1.20 bits per heavy atom. The third-order valence-electron chi connectivity index (χ3n) is 3.08. The van der Waals surface area contributed by atoms with Gasteiger partial charge in [-0.15, -0.1) is 0 Å². The lowest BCUT2D eigenvalue weighted by molar-refractivity contribution is 0.302. The number of rotatable bonds is 4. The molecule has 0 aliphatic carbocycles. The summed E-state index contributed by atoms with van der Waals surface area (Å²) in [6, 6.07) is 11.5. The molecule has 104 valence electrons. The number of hydrogen-bond donors (Lipinski definition) is 1. The van der Waals surface area contributed by atoms with Crippen LogP contribution in [-0.2, 0) is 6.61 Å². The summed E-state index contributed by atoms with van der Waals surface area (Å²) < 4.78 is 5.93. The van der Waals surface area contributed by atoms with Gasteiger partial charge in [0.2, 0.25) is 0 Å². The van der Waals surface area contributed by atoms with E-state index in [9.17, 15) is 0 Å². The molecule has 4 heteroatoms. The molecule has 2 aromatic rings. The van der Waals surface area contributed by atoms with Crippen LogP contribution in [0.1, 0.15) is 22.3 Å². The molecule has 0 spiro atoms. The lowest BCUT2D eigenvalue weighted by atomic mass is 10.1. The third-order valence-corrected chi connectivity index (χ3v) is 3.52. The highest BCUT2D eigenvalue weighted by Crippen LogP contribution is 2.28. The molecule has 0 aromatic heterocycles. The van der Waals surface area contributed by atoms with Crippen LogP contribution in [0.4, 0.5) is 0 Å². The van der Waals surface area contributed by atoms with Crippen molar-refractivity contribution in [3.8, 4) is 5.75 Å². The van der Waals surface area contributed by atoms with Gasteiger partial charge in [-0.1, -0.05) is 48.1 Å². The maximum Gasteiger partial charge on any atom is 0.125 e. The van der Waals surface area contributed by atoms with Crippen LogP contribution in [0.2, 0.25) is 5.02 Å². The lowest BCUT2D eigenvalue weighted by Gasteiger charge is -2.14. The zero-order chi connectivity index (χ0) is 14.7. The van der Waals surface area contributed by atoms with Gasteiger partial charge in [0.25, 0.3) is 0 Å². The van der Waals surface area contributed by atoms with Crippen molar-refractivity contribution in [1.82, 2.24) is 0 Å². The molecule has 2 nitrogen and oxygen atoms in total. The van der Waals surface area contributed by atoms with E-state index < -0.39 is 0 Å². The number of halogens is 1. The first-order chi connectivity index (χ1) is 9.49. The minimum absolute atomic E-state index is 0.383. The highest BCUT2D eigenvalue weighted by atomic mass is 35.5. The molecule has 2 rings (SSSR count). The van der Waals surface area contributed by atoms with Crippen molar-refractivity contribution in [2.75, 3.05) is 0 Å². The summed E-state index contributed by atoms with van der Waals surface area (Å²) in [5.74, 6) is 0.854. The van der Waals surface area contributed by atoms with E-state index in [0.717, 1.165) is 33.0 Å². The largest absolute Gasteiger partial charge is 0.488 e. The lowest BCUT2D eigenvalue weighted by Crippen LogP contribution is -2.13. The summed E-state index contributed by atoms with van der Waals surface area (Å²) in [4.78, 5) is 0.383. The zero-order valence-corrected chi connectivity index (χ0v) is 13.0. The first kappa shape index (κ1) is 14.8. The summed E-state index contributed by atoms with van der Waals surface area (Å²) >= 11 is 11.1. The van der Waals surface area contributed by atoms with E-state index in [1.807, 2.05) is 50.2 Å². The highest BCUT2D eigenvalue weighted by molar-refractivity contribution is 7.80. The smallest absolute Gasteiger partial charge is 0.125 e. The minimum Gasteiger partial charge on any atom is -0.488 e. The van der Waals surface area contributed by atoms with Crippen molar-refractivity contribution in [2.45, 2.75) is 20.5 Å². The molecular weight excluding hydrogens is 290 g/mol. The van der Waals surface area contributed by atoms with E-state index in [0.29, 0.717) is 11.6 Å². The Balaban J connectivity index is 2.24. The maximum absolute atomic E-state index is 6.02. The van der Waals surface area contributed by atoms with Crippen molar-refractivity contribution >= 4 is 28.8 Å². The standard InChI is InChI=1S/C16H16ClNOS/c1-10-7-13(17)8-11(2)15(10)19-9-12-5-3-4-6-14(12)16(18)20/h3-8H,9H2,1-2H3,(H2,18,20). The van der Waals surface area contributed by atoms with E-state index in [-0.39, 0.29) is 0 Å². The average Bonchev–Trinajstić information content (AvgIpc) is 2.37. The van der Waals surface area contributed by atoms with Crippen LogP contribution in [0, 0.1) is 13.8 Å². The van der Waals surface area contributed by atoms with Crippen LogP contribution in [0.15, 0.2) is 36.4 Å². The Labute approximate surface area is 129 Å². The fourth-order valence-corrected chi connectivity index (χ4v) is 2.69. The molecule has 2 N–H and O–H groups in total. The molecule has 0 fully saturated rings. The molecule has 20 heavy (non-hydrogen) atoms. The first-order valence-electron chi connectivity index (χ1n) is 6.26. The van der Waals surface area contributed by atoms with E-state index in [1.165, 1.54) is 0 Å². The second kappa shape index (κ2) is 6.25. The van der Waals surface area contributed by atoms with Crippen molar-refractivity contribution in [1.29, 1.82) is 0 Å². The van der Waals surface area contributed by atoms with Gasteiger partial charge in [-0.05, 0) is 42.7 Å². The summed E-state index contributed by atoms with van der Waals surface area (Å²) in [6.07, 6.45) is 0. The molecule has 0 radical (unpaired) electrons. The Morgan fingerprint density at radius 2 is 1.80 bits per heavy atom. The molecule has 0 saturated heterocycles. The van der Waals surface area contributed by atoms with Crippen molar-refractivity contribution in [3.05, 3.63) is 63.7 Å². The van der Waals surface area contributed by atoms with Crippen molar-refractivity contribution in [3.63, 3.8) is 0 Å². The maximum atomic E-state index is 6.02. The molecule has 0 unspecified atom stereocenters. The molecule has 0 amide bonds. The van der Waals surface area contributed by atoms with E-state index in [4.69, 9.17) is 34.3 Å². The second-order valence-corrected chi connectivity index (χ2v) is 5.56. The first-order valence-corrected chi connectivity index (χ1v) is 7.05. The molecule has 2 aromatic carbocycles. The van der Waals surface area contributed by atoms with Gasteiger partial charge in [0.15, 0.2) is 0 Å². The van der Waals surface area contributed by atoms with Gasteiger partial charge < -0.3 is 10.5 Å². The minimum atomic E-state index is 0.383. The van der Waals surface area contributed by atoms with Crippen molar-refractivity contribution in [2.24, 2.45) is 5.73 Å². The Bertz CT molecular complexity index is 632. The number of thiocarbonyl (C=S) groups is 1. The van der Waals surface area contributed by atoms with Gasteiger partial charge in [-0.3, -0.25) is 0 Å². The fraction of sp³-hybridized carbons (Fsp3) is 0.188. The summed E-state index contributed by atoms with van der Waals surface area (Å²) in [6.45, 7) is 4.39. The van der Waals surface area contributed by atoms with Crippen LogP contribution in [0.3, 0.4) is 0 Å². The molecule has 0 heterocycles.